The van der Waals surface area contributed by atoms with Crippen LogP contribution in [-0.4, -0.2) is 54.8 Å². The summed E-state index contributed by atoms with van der Waals surface area (Å²) in [6, 6.07) is 10.7. The second-order valence-electron chi connectivity index (χ2n) is 6.87. The average molecular weight is 349 g/mol. The van der Waals surface area contributed by atoms with E-state index in [0.717, 1.165) is 51.3 Å². The van der Waals surface area contributed by atoms with Crippen molar-refractivity contribution in [3.63, 3.8) is 0 Å². The Morgan fingerprint density at radius 2 is 2.04 bits per heavy atom. The standard InChI is InChI=1S/C19H28N2O2S/c1-16-7-10-21(11-14-24-16)18(22)20-15-19(8-12-23-13-9-19)17-5-3-2-4-6-17/h2-6,16H,7-15H2,1H3,(H,20,22). The Kier molecular flexibility index (Phi) is 6.06. The zero-order valence-corrected chi connectivity index (χ0v) is 15.3. The summed E-state index contributed by atoms with van der Waals surface area (Å²) in [5.41, 5.74) is 1.32. The van der Waals surface area contributed by atoms with E-state index in [-0.39, 0.29) is 11.4 Å². The van der Waals surface area contributed by atoms with E-state index in [0.29, 0.717) is 11.8 Å². The highest BCUT2D eigenvalue weighted by Crippen LogP contribution is 2.34. The van der Waals surface area contributed by atoms with Crippen LogP contribution in [0.25, 0.3) is 0 Å². The first-order valence-corrected chi connectivity index (χ1v) is 10.0. The Morgan fingerprint density at radius 1 is 1.29 bits per heavy atom. The highest BCUT2D eigenvalue weighted by Gasteiger charge is 2.35. The summed E-state index contributed by atoms with van der Waals surface area (Å²) in [6.07, 6.45) is 3.00. The molecule has 3 rings (SSSR count). The number of nitrogens with zero attached hydrogens (tertiary/aromatic N) is 1. The van der Waals surface area contributed by atoms with Gasteiger partial charge in [-0.15, -0.1) is 0 Å². The first-order chi connectivity index (χ1) is 11.7. The first kappa shape index (κ1) is 17.6. The minimum atomic E-state index is 0.00304. The van der Waals surface area contributed by atoms with Crippen LogP contribution in [0.4, 0.5) is 4.79 Å². The lowest BCUT2D eigenvalue weighted by molar-refractivity contribution is 0.0501. The van der Waals surface area contributed by atoms with Gasteiger partial charge < -0.3 is 15.0 Å². The van der Waals surface area contributed by atoms with E-state index in [1.165, 1.54) is 5.56 Å². The highest BCUT2D eigenvalue weighted by atomic mass is 32.2. The summed E-state index contributed by atoms with van der Waals surface area (Å²) in [5, 5.41) is 3.87. The molecule has 0 radical (unpaired) electrons. The molecule has 2 amide bonds. The van der Waals surface area contributed by atoms with Gasteiger partial charge in [0.15, 0.2) is 0 Å². The lowest BCUT2D eigenvalue weighted by atomic mass is 9.74. The number of hydrogen-bond donors (Lipinski definition) is 1. The zero-order chi connectivity index (χ0) is 16.8. The number of amides is 2. The van der Waals surface area contributed by atoms with Gasteiger partial charge in [0.2, 0.25) is 0 Å². The molecule has 132 valence electrons. The maximum Gasteiger partial charge on any atom is 0.317 e. The van der Waals surface area contributed by atoms with Crippen LogP contribution in [0.5, 0.6) is 0 Å². The van der Waals surface area contributed by atoms with Crippen molar-refractivity contribution >= 4 is 17.8 Å². The molecule has 2 heterocycles. The molecule has 2 saturated heterocycles. The predicted octanol–water partition coefficient (Wildman–Crippen LogP) is 3.27. The molecule has 0 bridgehead atoms. The van der Waals surface area contributed by atoms with Gasteiger partial charge in [-0.3, -0.25) is 0 Å². The van der Waals surface area contributed by atoms with Crippen molar-refractivity contribution in [3.05, 3.63) is 35.9 Å². The average Bonchev–Trinajstić information content (AvgIpc) is 2.86. The molecule has 5 heteroatoms. The molecular formula is C19H28N2O2S. The molecule has 24 heavy (non-hydrogen) atoms. The lowest BCUT2D eigenvalue weighted by Gasteiger charge is -2.38. The third-order valence-corrected chi connectivity index (χ3v) is 6.49. The van der Waals surface area contributed by atoms with Crippen molar-refractivity contribution in [2.24, 2.45) is 0 Å². The van der Waals surface area contributed by atoms with Crippen LogP contribution in [0.15, 0.2) is 30.3 Å². The van der Waals surface area contributed by atoms with Crippen molar-refractivity contribution < 1.29 is 9.53 Å². The minimum Gasteiger partial charge on any atom is -0.381 e. The van der Waals surface area contributed by atoms with Crippen LogP contribution in [0.2, 0.25) is 0 Å². The number of carbonyl (C=O) groups excluding carboxylic acids is 1. The van der Waals surface area contributed by atoms with E-state index < -0.39 is 0 Å². The van der Waals surface area contributed by atoms with Crippen molar-refractivity contribution in [2.75, 3.05) is 38.6 Å². The van der Waals surface area contributed by atoms with E-state index in [1.807, 2.05) is 22.7 Å². The number of hydrogen-bond acceptors (Lipinski definition) is 3. The topological polar surface area (TPSA) is 41.6 Å². The molecule has 1 unspecified atom stereocenters. The number of nitrogens with one attached hydrogen (secondary N) is 1. The Bertz CT molecular complexity index is 531. The fourth-order valence-electron chi connectivity index (χ4n) is 3.58. The summed E-state index contributed by atoms with van der Waals surface area (Å²) < 4.78 is 5.57. The smallest absolute Gasteiger partial charge is 0.317 e. The molecule has 1 N–H and O–H groups in total. The van der Waals surface area contributed by atoms with E-state index in [9.17, 15) is 4.79 Å². The molecule has 0 saturated carbocycles. The molecular weight excluding hydrogens is 320 g/mol. The van der Waals surface area contributed by atoms with Crippen LogP contribution in [0.3, 0.4) is 0 Å². The maximum atomic E-state index is 12.6. The van der Waals surface area contributed by atoms with Gasteiger partial charge in [0.25, 0.3) is 0 Å². The van der Waals surface area contributed by atoms with Gasteiger partial charge in [0.1, 0.15) is 0 Å². The molecule has 2 aliphatic heterocycles. The van der Waals surface area contributed by atoms with Gasteiger partial charge in [0.05, 0.1) is 0 Å². The second-order valence-corrected chi connectivity index (χ2v) is 8.42. The minimum absolute atomic E-state index is 0.00304. The number of ether oxygens (including phenoxy) is 1. The van der Waals surface area contributed by atoms with Gasteiger partial charge in [-0.25, -0.2) is 4.79 Å². The van der Waals surface area contributed by atoms with Crippen LogP contribution in [0, 0.1) is 0 Å². The van der Waals surface area contributed by atoms with E-state index in [4.69, 9.17) is 4.74 Å². The summed E-state index contributed by atoms with van der Waals surface area (Å²) in [4.78, 5) is 14.6. The number of urea groups is 1. The molecule has 1 atom stereocenters. The Labute approximate surface area is 149 Å². The molecule has 2 aliphatic rings. The van der Waals surface area contributed by atoms with E-state index in [2.05, 4.69) is 36.5 Å². The number of benzene rings is 1. The molecule has 0 aromatic heterocycles. The van der Waals surface area contributed by atoms with Gasteiger partial charge in [-0.1, -0.05) is 37.3 Å². The largest absolute Gasteiger partial charge is 0.381 e. The quantitative estimate of drug-likeness (QED) is 0.911. The van der Waals surface area contributed by atoms with Crippen molar-refractivity contribution in [3.8, 4) is 0 Å². The third kappa shape index (κ3) is 4.25. The molecule has 0 spiro atoms. The predicted molar refractivity (Wildman–Crippen MR) is 99.7 cm³/mol. The maximum absolute atomic E-state index is 12.6. The highest BCUT2D eigenvalue weighted by molar-refractivity contribution is 7.99. The summed E-state index contributed by atoms with van der Waals surface area (Å²) >= 11 is 1.96. The van der Waals surface area contributed by atoms with Crippen LogP contribution in [-0.2, 0) is 10.2 Å². The summed E-state index contributed by atoms with van der Waals surface area (Å²) in [6.45, 7) is 6.19. The fraction of sp³-hybridized carbons (Fsp3) is 0.632. The van der Waals surface area contributed by atoms with Crippen molar-refractivity contribution in [2.45, 2.75) is 36.9 Å². The van der Waals surface area contributed by atoms with Crippen LogP contribution < -0.4 is 5.32 Å². The van der Waals surface area contributed by atoms with Gasteiger partial charge in [0, 0.05) is 49.3 Å². The number of rotatable bonds is 3. The Balaban J connectivity index is 1.64. The zero-order valence-electron chi connectivity index (χ0n) is 14.5. The normalized spacial score (nSPS) is 24.2. The van der Waals surface area contributed by atoms with Gasteiger partial charge >= 0.3 is 6.03 Å². The molecule has 0 aliphatic carbocycles. The van der Waals surface area contributed by atoms with Crippen molar-refractivity contribution in [1.82, 2.24) is 10.2 Å². The lowest BCUT2D eigenvalue weighted by Crippen LogP contribution is -2.49. The van der Waals surface area contributed by atoms with Crippen LogP contribution in [0.1, 0.15) is 31.7 Å². The first-order valence-electron chi connectivity index (χ1n) is 8.97. The molecule has 2 fully saturated rings. The molecule has 1 aromatic carbocycles. The van der Waals surface area contributed by atoms with Crippen LogP contribution >= 0.6 is 11.8 Å². The third-order valence-electron chi connectivity index (χ3n) is 5.27. The van der Waals surface area contributed by atoms with Gasteiger partial charge in [-0.05, 0) is 24.8 Å². The number of thioether (sulfide) groups is 1. The Hall–Kier alpha value is -1.20. The summed E-state index contributed by atoms with van der Waals surface area (Å²) in [5.74, 6) is 1.03. The second kappa shape index (κ2) is 8.26. The molecule has 4 nitrogen and oxygen atoms in total. The fourth-order valence-corrected chi connectivity index (χ4v) is 4.58. The van der Waals surface area contributed by atoms with Gasteiger partial charge in [-0.2, -0.15) is 11.8 Å². The molecule has 1 aromatic rings. The van der Waals surface area contributed by atoms with E-state index >= 15 is 0 Å². The Morgan fingerprint density at radius 3 is 2.79 bits per heavy atom. The number of carbonyl (C=O) groups is 1. The van der Waals surface area contributed by atoms with E-state index in [1.54, 1.807) is 0 Å². The monoisotopic (exact) mass is 348 g/mol. The SMILES string of the molecule is CC1CCN(C(=O)NCC2(c3ccccc3)CCOCC2)CCS1. The van der Waals surface area contributed by atoms with Crippen molar-refractivity contribution in [1.29, 1.82) is 0 Å². The summed E-state index contributed by atoms with van der Waals surface area (Å²) in [7, 11) is 0.